The van der Waals surface area contributed by atoms with E-state index in [0.717, 1.165) is 26.2 Å². The fourth-order valence-corrected chi connectivity index (χ4v) is 2.34. The minimum atomic E-state index is -0.795. The Morgan fingerprint density at radius 3 is 2.53 bits per heavy atom. The molecule has 2 heterocycles. The first-order valence-corrected chi connectivity index (χ1v) is 6.04. The Balaban J connectivity index is 1.98. The van der Waals surface area contributed by atoms with Crippen molar-refractivity contribution in [1.29, 1.82) is 0 Å². The molecule has 1 N–H and O–H groups in total. The van der Waals surface area contributed by atoms with Crippen LogP contribution >= 0.6 is 0 Å². The molecular formula is C11H19N3O3. The molecule has 2 aliphatic heterocycles. The van der Waals surface area contributed by atoms with Gasteiger partial charge in [0.05, 0.1) is 12.5 Å². The molecule has 17 heavy (non-hydrogen) atoms. The summed E-state index contributed by atoms with van der Waals surface area (Å²) in [5.41, 5.74) is 0. The SMILES string of the molecule is CN1CCN(N2CC(C(=O)O)CCC2=O)CC1. The highest BCUT2D eigenvalue weighted by atomic mass is 16.4. The van der Waals surface area contributed by atoms with Gasteiger partial charge in [-0.2, -0.15) is 0 Å². The van der Waals surface area contributed by atoms with Gasteiger partial charge < -0.3 is 10.0 Å². The average Bonchev–Trinajstić information content (AvgIpc) is 2.31. The molecule has 1 amide bonds. The van der Waals surface area contributed by atoms with Gasteiger partial charge in [-0.05, 0) is 13.5 Å². The first kappa shape index (κ1) is 12.3. The topological polar surface area (TPSA) is 64.1 Å². The van der Waals surface area contributed by atoms with E-state index in [1.807, 2.05) is 5.01 Å². The third-order valence-electron chi connectivity index (χ3n) is 3.56. The van der Waals surface area contributed by atoms with Gasteiger partial charge in [0.2, 0.25) is 5.91 Å². The normalized spacial score (nSPS) is 28.4. The molecule has 1 unspecified atom stereocenters. The fraction of sp³-hybridized carbons (Fsp3) is 0.818. The molecule has 6 heteroatoms. The first-order valence-electron chi connectivity index (χ1n) is 6.04. The Morgan fingerprint density at radius 2 is 1.94 bits per heavy atom. The number of amides is 1. The molecule has 0 aromatic rings. The molecule has 0 aromatic heterocycles. The molecule has 2 saturated heterocycles. The van der Waals surface area contributed by atoms with E-state index >= 15 is 0 Å². The van der Waals surface area contributed by atoms with Crippen LogP contribution in [0.4, 0.5) is 0 Å². The second kappa shape index (κ2) is 5.01. The molecule has 0 radical (unpaired) electrons. The van der Waals surface area contributed by atoms with Crippen molar-refractivity contribution in [1.82, 2.24) is 14.9 Å². The molecule has 0 aromatic carbocycles. The van der Waals surface area contributed by atoms with Crippen LogP contribution in [0.2, 0.25) is 0 Å². The van der Waals surface area contributed by atoms with Crippen LogP contribution in [0.25, 0.3) is 0 Å². The van der Waals surface area contributed by atoms with E-state index in [-0.39, 0.29) is 5.91 Å². The number of piperazine rings is 1. The minimum absolute atomic E-state index is 0.0621. The van der Waals surface area contributed by atoms with Crippen LogP contribution < -0.4 is 0 Å². The first-order chi connectivity index (χ1) is 8.08. The van der Waals surface area contributed by atoms with Crippen LogP contribution in [0.5, 0.6) is 0 Å². The number of hydrogen-bond donors (Lipinski definition) is 1. The van der Waals surface area contributed by atoms with E-state index in [0.29, 0.717) is 19.4 Å². The maximum atomic E-state index is 11.8. The molecule has 2 fully saturated rings. The van der Waals surface area contributed by atoms with Gasteiger partial charge in [-0.1, -0.05) is 0 Å². The zero-order valence-electron chi connectivity index (χ0n) is 10.1. The molecule has 0 bridgehead atoms. The van der Waals surface area contributed by atoms with E-state index in [1.54, 1.807) is 5.01 Å². The maximum Gasteiger partial charge on any atom is 0.308 e. The lowest BCUT2D eigenvalue weighted by Crippen LogP contribution is -2.57. The predicted molar refractivity (Wildman–Crippen MR) is 61.1 cm³/mol. The molecule has 2 aliphatic rings. The molecule has 0 saturated carbocycles. The summed E-state index contributed by atoms with van der Waals surface area (Å²) in [4.78, 5) is 25.0. The molecule has 96 valence electrons. The number of hydrazine groups is 1. The summed E-state index contributed by atoms with van der Waals surface area (Å²) in [5, 5.41) is 12.7. The van der Waals surface area contributed by atoms with E-state index in [1.165, 1.54) is 0 Å². The Hall–Kier alpha value is -1.14. The lowest BCUT2D eigenvalue weighted by Gasteiger charge is -2.42. The molecule has 0 spiro atoms. The lowest BCUT2D eigenvalue weighted by molar-refractivity contribution is -0.164. The van der Waals surface area contributed by atoms with Gasteiger partial charge in [0.25, 0.3) is 0 Å². The van der Waals surface area contributed by atoms with E-state index in [4.69, 9.17) is 5.11 Å². The fourth-order valence-electron chi connectivity index (χ4n) is 2.34. The Morgan fingerprint density at radius 1 is 1.29 bits per heavy atom. The highest BCUT2D eigenvalue weighted by Crippen LogP contribution is 2.20. The van der Waals surface area contributed by atoms with Crippen molar-refractivity contribution in [2.75, 3.05) is 39.8 Å². The van der Waals surface area contributed by atoms with Gasteiger partial charge >= 0.3 is 5.97 Å². The van der Waals surface area contributed by atoms with Crippen molar-refractivity contribution >= 4 is 11.9 Å². The number of nitrogens with zero attached hydrogens (tertiary/aromatic N) is 3. The van der Waals surface area contributed by atoms with Gasteiger partial charge in [0, 0.05) is 32.6 Å². The van der Waals surface area contributed by atoms with Crippen molar-refractivity contribution < 1.29 is 14.7 Å². The minimum Gasteiger partial charge on any atom is -0.481 e. The summed E-state index contributed by atoms with van der Waals surface area (Å²) >= 11 is 0. The highest BCUT2D eigenvalue weighted by Gasteiger charge is 2.34. The van der Waals surface area contributed by atoms with Crippen molar-refractivity contribution in [3.05, 3.63) is 0 Å². The predicted octanol–water partition coefficient (Wildman–Crippen LogP) is -0.528. The molecule has 0 aliphatic carbocycles. The van der Waals surface area contributed by atoms with Crippen LogP contribution in [0, 0.1) is 5.92 Å². The van der Waals surface area contributed by atoms with E-state index in [9.17, 15) is 9.59 Å². The molecular weight excluding hydrogens is 222 g/mol. The van der Waals surface area contributed by atoms with Crippen molar-refractivity contribution in [2.24, 2.45) is 5.92 Å². The lowest BCUT2D eigenvalue weighted by atomic mass is 9.99. The number of rotatable bonds is 2. The van der Waals surface area contributed by atoms with Crippen molar-refractivity contribution in [3.63, 3.8) is 0 Å². The number of piperidine rings is 1. The maximum absolute atomic E-state index is 11.8. The smallest absolute Gasteiger partial charge is 0.308 e. The number of carboxylic acids is 1. The van der Waals surface area contributed by atoms with E-state index in [2.05, 4.69) is 11.9 Å². The van der Waals surface area contributed by atoms with Crippen LogP contribution in [-0.4, -0.2) is 71.7 Å². The Labute approximate surface area is 101 Å². The molecule has 1 atom stereocenters. The average molecular weight is 241 g/mol. The van der Waals surface area contributed by atoms with Crippen molar-refractivity contribution in [2.45, 2.75) is 12.8 Å². The monoisotopic (exact) mass is 241 g/mol. The quantitative estimate of drug-likeness (QED) is 0.704. The number of carboxylic acid groups (broad SMARTS) is 1. The summed E-state index contributed by atoms with van der Waals surface area (Å²) in [6.07, 6.45) is 0.821. The Bertz CT molecular complexity index is 313. The Kier molecular flexibility index (Phi) is 3.63. The van der Waals surface area contributed by atoms with Gasteiger partial charge in [0.1, 0.15) is 0 Å². The second-order valence-corrected chi connectivity index (χ2v) is 4.81. The summed E-state index contributed by atoms with van der Waals surface area (Å²) < 4.78 is 0. The summed E-state index contributed by atoms with van der Waals surface area (Å²) in [6, 6.07) is 0. The summed E-state index contributed by atoms with van der Waals surface area (Å²) in [5.74, 6) is -1.14. The zero-order valence-corrected chi connectivity index (χ0v) is 10.1. The van der Waals surface area contributed by atoms with Gasteiger partial charge in [0.15, 0.2) is 0 Å². The highest BCUT2D eigenvalue weighted by molar-refractivity contribution is 5.80. The van der Waals surface area contributed by atoms with Crippen LogP contribution in [0.3, 0.4) is 0 Å². The molecule has 2 rings (SSSR count). The molecule has 6 nitrogen and oxygen atoms in total. The van der Waals surface area contributed by atoms with Gasteiger partial charge in [-0.3, -0.25) is 14.6 Å². The number of hydrogen-bond acceptors (Lipinski definition) is 4. The number of carbonyl (C=O) groups is 2. The van der Waals surface area contributed by atoms with Crippen LogP contribution in [0.15, 0.2) is 0 Å². The van der Waals surface area contributed by atoms with Crippen LogP contribution in [0.1, 0.15) is 12.8 Å². The third-order valence-corrected chi connectivity index (χ3v) is 3.56. The summed E-state index contributed by atoms with van der Waals surface area (Å²) in [7, 11) is 2.05. The third kappa shape index (κ3) is 2.76. The summed E-state index contributed by atoms with van der Waals surface area (Å²) in [6.45, 7) is 3.77. The number of aliphatic carboxylic acids is 1. The van der Waals surface area contributed by atoms with Crippen molar-refractivity contribution in [3.8, 4) is 0 Å². The van der Waals surface area contributed by atoms with Crippen LogP contribution in [-0.2, 0) is 9.59 Å². The second-order valence-electron chi connectivity index (χ2n) is 4.81. The van der Waals surface area contributed by atoms with Gasteiger partial charge in [-0.25, -0.2) is 5.01 Å². The van der Waals surface area contributed by atoms with E-state index < -0.39 is 11.9 Å². The zero-order chi connectivity index (χ0) is 12.4. The standard InChI is InChI=1S/C11H19N3O3/c1-12-4-6-13(7-5-12)14-8-9(11(16)17)2-3-10(14)15/h9H,2-8H2,1H3,(H,16,17). The number of carbonyl (C=O) groups excluding carboxylic acids is 1. The van der Waals surface area contributed by atoms with Gasteiger partial charge in [-0.15, -0.1) is 0 Å². The largest absolute Gasteiger partial charge is 0.481 e. The number of likely N-dealkylation sites (N-methyl/N-ethyl adjacent to an activating group) is 1.